The van der Waals surface area contributed by atoms with Gasteiger partial charge in [-0.25, -0.2) is 8.42 Å². The van der Waals surface area contributed by atoms with Gasteiger partial charge in [-0.3, -0.25) is 9.52 Å². The Labute approximate surface area is 144 Å². The summed E-state index contributed by atoms with van der Waals surface area (Å²) in [7, 11) is -1.77. The van der Waals surface area contributed by atoms with E-state index in [9.17, 15) is 13.2 Å². The highest BCUT2D eigenvalue weighted by Gasteiger charge is 2.24. The first-order valence-corrected chi connectivity index (χ1v) is 8.88. The van der Waals surface area contributed by atoms with Gasteiger partial charge < -0.3 is 10.6 Å². The molecule has 0 bridgehead atoms. The molecule has 1 rings (SSSR count). The largest absolute Gasteiger partial charge is 0.341 e. The van der Waals surface area contributed by atoms with Crippen LogP contribution in [0, 0.1) is 12.3 Å². The second-order valence-electron chi connectivity index (χ2n) is 6.45. The first kappa shape index (κ1) is 21.7. The van der Waals surface area contributed by atoms with Gasteiger partial charge in [0.15, 0.2) is 0 Å². The lowest BCUT2D eigenvalue weighted by Gasteiger charge is -2.29. The van der Waals surface area contributed by atoms with E-state index in [0.717, 1.165) is 11.8 Å². The molecule has 132 valence electrons. The van der Waals surface area contributed by atoms with Gasteiger partial charge in [-0.1, -0.05) is 25.5 Å². The molecule has 0 aliphatic rings. The summed E-state index contributed by atoms with van der Waals surface area (Å²) >= 11 is 0. The van der Waals surface area contributed by atoms with Crippen molar-refractivity contribution in [1.29, 1.82) is 0 Å². The maximum absolute atomic E-state index is 12.6. The molecule has 0 radical (unpaired) electrons. The number of halogens is 1. The smallest absolute Gasteiger partial charge is 0.255 e. The minimum absolute atomic E-state index is 0. The number of rotatable bonds is 6. The molecule has 0 fully saturated rings. The van der Waals surface area contributed by atoms with E-state index < -0.39 is 10.0 Å². The molecule has 0 saturated heterocycles. The fraction of sp³-hybridized carbons (Fsp3) is 0.533. The average Bonchev–Trinajstić information content (AvgIpc) is 2.38. The number of nitrogens with zero attached hydrogens (tertiary/aromatic N) is 1. The lowest BCUT2D eigenvalue weighted by Crippen LogP contribution is -2.40. The number of nitrogens with one attached hydrogen (secondary N) is 1. The molecule has 1 aromatic carbocycles. The maximum atomic E-state index is 12.6. The minimum atomic E-state index is -3.45. The van der Waals surface area contributed by atoms with Crippen molar-refractivity contribution in [2.45, 2.75) is 20.8 Å². The van der Waals surface area contributed by atoms with E-state index in [0.29, 0.717) is 18.7 Å². The van der Waals surface area contributed by atoms with Gasteiger partial charge in [-0.05, 0) is 31.0 Å². The zero-order chi connectivity index (χ0) is 17.1. The van der Waals surface area contributed by atoms with Crippen molar-refractivity contribution in [3.05, 3.63) is 29.3 Å². The highest BCUT2D eigenvalue weighted by Crippen LogP contribution is 2.22. The Bertz CT molecular complexity index is 660. The summed E-state index contributed by atoms with van der Waals surface area (Å²) < 4.78 is 25.3. The van der Waals surface area contributed by atoms with Gasteiger partial charge in [0.25, 0.3) is 5.91 Å². The van der Waals surface area contributed by atoms with Crippen LogP contribution in [0.2, 0.25) is 0 Å². The van der Waals surface area contributed by atoms with E-state index >= 15 is 0 Å². The summed E-state index contributed by atoms with van der Waals surface area (Å²) in [5, 5.41) is 0. The molecule has 0 saturated carbocycles. The molecule has 0 spiro atoms. The van der Waals surface area contributed by atoms with Crippen LogP contribution in [0.25, 0.3) is 0 Å². The third-order valence-electron chi connectivity index (χ3n) is 3.27. The summed E-state index contributed by atoms with van der Waals surface area (Å²) in [5.41, 5.74) is 7.00. The number of hydrogen-bond acceptors (Lipinski definition) is 4. The van der Waals surface area contributed by atoms with Crippen LogP contribution in [0.4, 0.5) is 5.69 Å². The fourth-order valence-corrected chi connectivity index (χ4v) is 2.69. The molecular formula is C15H26ClN3O3S. The minimum Gasteiger partial charge on any atom is -0.341 e. The van der Waals surface area contributed by atoms with Gasteiger partial charge in [0.2, 0.25) is 10.0 Å². The first-order valence-electron chi connectivity index (χ1n) is 6.99. The monoisotopic (exact) mass is 363 g/mol. The lowest BCUT2D eigenvalue weighted by atomic mass is 9.93. The van der Waals surface area contributed by atoms with Crippen LogP contribution in [0.5, 0.6) is 0 Å². The molecule has 3 N–H and O–H groups in total. The number of sulfonamides is 1. The van der Waals surface area contributed by atoms with Gasteiger partial charge in [0, 0.05) is 13.6 Å². The standard InChI is InChI=1S/C15H25N3O3S.ClH/c1-11-6-7-13(17-22(5,20)21)12(8-11)14(19)18(4)10-15(2,3)9-16;/h6-8,17H,9-10,16H2,1-5H3;1H. The highest BCUT2D eigenvalue weighted by atomic mass is 35.5. The Kier molecular flexibility index (Phi) is 7.53. The Morgan fingerprint density at radius 3 is 2.39 bits per heavy atom. The van der Waals surface area contributed by atoms with Crippen molar-refractivity contribution in [2.75, 3.05) is 31.1 Å². The Hall–Kier alpha value is -1.31. The zero-order valence-corrected chi connectivity index (χ0v) is 15.8. The van der Waals surface area contributed by atoms with Crippen LogP contribution >= 0.6 is 12.4 Å². The van der Waals surface area contributed by atoms with Gasteiger partial charge in [-0.15, -0.1) is 12.4 Å². The van der Waals surface area contributed by atoms with E-state index in [1.165, 1.54) is 0 Å². The zero-order valence-electron chi connectivity index (χ0n) is 14.2. The van der Waals surface area contributed by atoms with Crippen molar-refractivity contribution >= 4 is 34.0 Å². The van der Waals surface area contributed by atoms with Gasteiger partial charge in [-0.2, -0.15) is 0 Å². The van der Waals surface area contributed by atoms with Crippen molar-refractivity contribution < 1.29 is 13.2 Å². The molecule has 8 heteroatoms. The second-order valence-corrected chi connectivity index (χ2v) is 8.20. The number of benzene rings is 1. The van der Waals surface area contributed by atoms with Crippen LogP contribution in [0.1, 0.15) is 29.8 Å². The molecule has 6 nitrogen and oxygen atoms in total. The predicted molar refractivity (Wildman–Crippen MR) is 96.7 cm³/mol. The van der Waals surface area contributed by atoms with Crippen molar-refractivity contribution in [2.24, 2.45) is 11.1 Å². The molecule has 0 aliphatic heterocycles. The van der Waals surface area contributed by atoms with E-state index in [1.54, 1.807) is 30.1 Å². The van der Waals surface area contributed by atoms with Crippen molar-refractivity contribution in [1.82, 2.24) is 4.90 Å². The number of nitrogens with two attached hydrogens (primary N) is 1. The molecule has 0 heterocycles. The van der Waals surface area contributed by atoms with E-state index in [-0.39, 0.29) is 29.4 Å². The SMILES string of the molecule is Cc1ccc(NS(C)(=O)=O)c(C(=O)N(C)CC(C)(C)CN)c1.Cl. The fourth-order valence-electron chi connectivity index (χ4n) is 2.11. The number of carbonyl (C=O) groups excluding carboxylic acids is 1. The molecule has 0 aromatic heterocycles. The van der Waals surface area contributed by atoms with Crippen LogP contribution < -0.4 is 10.5 Å². The molecule has 1 amide bonds. The van der Waals surface area contributed by atoms with Crippen LogP contribution in [0.15, 0.2) is 18.2 Å². The number of hydrogen-bond donors (Lipinski definition) is 2. The number of aryl methyl sites for hydroxylation is 1. The quantitative estimate of drug-likeness (QED) is 0.806. The summed E-state index contributed by atoms with van der Waals surface area (Å²) in [4.78, 5) is 14.2. The summed E-state index contributed by atoms with van der Waals surface area (Å²) in [6.45, 7) is 6.73. The Morgan fingerprint density at radius 2 is 1.91 bits per heavy atom. The van der Waals surface area contributed by atoms with E-state index in [1.807, 2.05) is 20.8 Å². The Balaban J connectivity index is 0.00000484. The van der Waals surface area contributed by atoms with Gasteiger partial charge in [0.05, 0.1) is 17.5 Å². The van der Waals surface area contributed by atoms with Crippen LogP contribution in [-0.4, -0.2) is 45.6 Å². The Morgan fingerprint density at radius 1 is 1.35 bits per heavy atom. The van der Waals surface area contributed by atoms with Crippen molar-refractivity contribution in [3.63, 3.8) is 0 Å². The molecule has 0 atom stereocenters. The third kappa shape index (κ3) is 6.76. The third-order valence-corrected chi connectivity index (χ3v) is 3.86. The van der Waals surface area contributed by atoms with E-state index in [2.05, 4.69) is 4.72 Å². The second kappa shape index (κ2) is 7.99. The normalized spacial score (nSPS) is 11.6. The van der Waals surface area contributed by atoms with Gasteiger partial charge >= 0.3 is 0 Å². The topological polar surface area (TPSA) is 92.5 Å². The van der Waals surface area contributed by atoms with Gasteiger partial charge in [0.1, 0.15) is 0 Å². The summed E-state index contributed by atoms with van der Waals surface area (Å²) in [6, 6.07) is 5.04. The van der Waals surface area contributed by atoms with E-state index in [4.69, 9.17) is 5.73 Å². The average molecular weight is 364 g/mol. The van der Waals surface area contributed by atoms with Crippen LogP contribution in [-0.2, 0) is 10.0 Å². The molecule has 0 aliphatic carbocycles. The van der Waals surface area contributed by atoms with Crippen molar-refractivity contribution in [3.8, 4) is 0 Å². The molecule has 23 heavy (non-hydrogen) atoms. The van der Waals surface area contributed by atoms with Crippen LogP contribution in [0.3, 0.4) is 0 Å². The number of amides is 1. The number of carbonyl (C=O) groups is 1. The first-order chi connectivity index (χ1) is 9.95. The maximum Gasteiger partial charge on any atom is 0.255 e. The lowest BCUT2D eigenvalue weighted by molar-refractivity contribution is 0.0741. The highest BCUT2D eigenvalue weighted by molar-refractivity contribution is 7.92. The molecular weight excluding hydrogens is 338 g/mol. The summed E-state index contributed by atoms with van der Waals surface area (Å²) in [5.74, 6) is -0.239. The molecule has 1 aromatic rings. The molecule has 0 unspecified atom stereocenters. The predicted octanol–water partition coefficient (Wildman–Crippen LogP) is 1.85. The summed E-state index contributed by atoms with van der Waals surface area (Å²) in [6.07, 6.45) is 1.06. The number of anilines is 1.